The molecule has 104 valence electrons. The molecule has 0 bridgehead atoms. The van der Waals surface area contributed by atoms with Gasteiger partial charge in [0.2, 0.25) is 0 Å². The van der Waals surface area contributed by atoms with Crippen LogP contribution in [0.25, 0.3) is 0 Å². The maximum Gasteiger partial charge on any atom is 0.162 e. The molecule has 19 heavy (non-hydrogen) atoms. The summed E-state index contributed by atoms with van der Waals surface area (Å²) in [7, 11) is 0. The number of nitrogens with two attached hydrogens (primary N) is 1. The minimum Gasteiger partial charge on any atom is -0.325 e. The molecule has 1 heterocycles. The molecule has 5 nitrogen and oxygen atoms in total. The first-order chi connectivity index (χ1) is 8.35. The van der Waals surface area contributed by atoms with Crippen LogP contribution in [0.2, 0.25) is 0 Å². The fourth-order valence-corrected chi connectivity index (χ4v) is 1.63. The van der Waals surface area contributed by atoms with E-state index >= 15 is 0 Å². The summed E-state index contributed by atoms with van der Waals surface area (Å²) in [6.45, 7) is 2.90. The van der Waals surface area contributed by atoms with E-state index in [2.05, 4.69) is 27.4 Å². The molecule has 0 saturated carbocycles. The minimum atomic E-state index is 0. The Bertz CT molecular complexity index is 463. The molecule has 0 amide bonds. The van der Waals surface area contributed by atoms with Crippen molar-refractivity contribution in [1.82, 2.24) is 10.2 Å². The van der Waals surface area contributed by atoms with Crippen molar-refractivity contribution in [2.45, 2.75) is 6.92 Å². The van der Waals surface area contributed by atoms with Gasteiger partial charge >= 0.3 is 0 Å². The Labute approximate surface area is 125 Å². The van der Waals surface area contributed by atoms with Crippen molar-refractivity contribution in [3.8, 4) is 0 Å². The molecule has 0 fully saturated rings. The highest BCUT2D eigenvalue weighted by molar-refractivity contribution is 5.85. The Morgan fingerprint density at radius 2 is 1.74 bits per heavy atom. The number of nitrogens with zero attached hydrogens (tertiary/aromatic N) is 3. The summed E-state index contributed by atoms with van der Waals surface area (Å²) in [4.78, 5) is 2.08. The molecule has 3 N–H and O–H groups in total. The van der Waals surface area contributed by atoms with Crippen LogP contribution in [0.1, 0.15) is 6.92 Å². The van der Waals surface area contributed by atoms with E-state index in [1.807, 2.05) is 36.4 Å². The van der Waals surface area contributed by atoms with Crippen LogP contribution >= 0.6 is 24.8 Å². The van der Waals surface area contributed by atoms with E-state index in [1.165, 1.54) is 0 Å². The van der Waals surface area contributed by atoms with Crippen LogP contribution in [0.15, 0.2) is 42.5 Å². The predicted octanol–water partition coefficient (Wildman–Crippen LogP) is 2.76. The molecule has 0 atom stereocenters. The van der Waals surface area contributed by atoms with Crippen molar-refractivity contribution in [2.75, 3.05) is 16.9 Å². The van der Waals surface area contributed by atoms with Gasteiger partial charge in [0.25, 0.3) is 0 Å². The highest BCUT2D eigenvalue weighted by Gasteiger charge is 2.08. The molecule has 0 spiro atoms. The number of hydrazine groups is 1. The molecule has 0 unspecified atom stereocenters. The molecule has 0 saturated heterocycles. The first-order valence-electron chi connectivity index (χ1n) is 5.48. The average molecular weight is 302 g/mol. The Morgan fingerprint density at radius 3 is 2.21 bits per heavy atom. The normalized spacial score (nSPS) is 8.95. The Morgan fingerprint density at radius 1 is 1.05 bits per heavy atom. The van der Waals surface area contributed by atoms with Gasteiger partial charge in [-0.1, -0.05) is 18.2 Å². The van der Waals surface area contributed by atoms with Crippen molar-refractivity contribution in [2.24, 2.45) is 5.84 Å². The number of benzene rings is 1. The third-order valence-electron chi connectivity index (χ3n) is 2.46. The van der Waals surface area contributed by atoms with Crippen LogP contribution in [0.5, 0.6) is 0 Å². The van der Waals surface area contributed by atoms with Crippen LogP contribution in [0.4, 0.5) is 17.3 Å². The summed E-state index contributed by atoms with van der Waals surface area (Å²) >= 11 is 0. The number of halogens is 2. The van der Waals surface area contributed by atoms with Gasteiger partial charge in [-0.25, -0.2) is 5.84 Å². The predicted molar refractivity (Wildman–Crippen MR) is 83.5 cm³/mol. The first-order valence-corrected chi connectivity index (χ1v) is 5.48. The quantitative estimate of drug-likeness (QED) is 0.671. The van der Waals surface area contributed by atoms with Crippen LogP contribution in [-0.4, -0.2) is 16.7 Å². The highest BCUT2D eigenvalue weighted by Crippen LogP contribution is 2.22. The third-order valence-corrected chi connectivity index (χ3v) is 2.46. The summed E-state index contributed by atoms with van der Waals surface area (Å²) in [5, 5.41) is 8.09. The van der Waals surface area contributed by atoms with Crippen molar-refractivity contribution >= 4 is 42.1 Å². The lowest BCUT2D eigenvalue weighted by atomic mass is 10.3. The van der Waals surface area contributed by atoms with Crippen molar-refractivity contribution in [1.29, 1.82) is 0 Å². The lowest BCUT2D eigenvalue weighted by Gasteiger charge is -2.21. The second-order valence-electron chi connectivity index (χ2n) is 3.50. The third kappa shape index (κ3) is 4.24. The average Bonchev–Trinajstić information content (AvgIpc) is 2.42. The molecule has 0 radical (unpaired) electrons. The summed E-state index contributed by atoms with van der Waals surface area (Å²) in [6.07, 6.45) is 0. The lowest BCUT2D eigenvalue weighted by Crippen LogP contribution is -2.18. The second kappa shape index (κ2) is 8.53. The van der Waals surface area contributed by atoms with Crippen LogP contribution in [0, 0.1) is 0 Å². The Hall–Kier alpha value is -1.56. The molecule has 0 aliphatic heterocycles. The smallest absolute Gasteiger partial charge is 0.162 e. The highest BCUT2D eigenvalue weighted by atomic mass is 35.5. The van der Waals surface area contributed by atoms with E-state index in [9.17, 15) is 0 Å². The summed E-state index contributed by atoms with van der Waals surface area (Å²) in [5.74, 6) is 6.61. The monoisotopic (exact) mass is 301 g/mol. The fraction of sp³-hybridized carbons (Fsp3) is 0.167. The van der Waals surface area contributed by atoms with Crippen molar-refractivity contribution in [3.05, 3.63) is 42.5 Å². The lowest BCUT2D eigenvalue weighted by molar-refractivity contribution is 0.931. The number of para-hydroxylation sites is 1. The molecular formula is C12H17Cl2N5. The molecule has 0 aliphatic rings. The molecule has 1 aromatic heterocycles. The number of anilines is 3. The largest absolute Gasteiger partial charge is 0.325 e. The zero-order chi connectivity index (χ0) is 12.1. The minimum absolute atomic E-state index is 0. The molecular weight excluding hydrogens is 285 g/mol. The Balaban J connectivity index is 0.00000162. The number of nitrogen functional groups attached to an aromatic ring is 1. The van der Waals surface area contributed by atoms with Gasteiger partial charge in [0, 0.05) is 12.2 Å². The van der Waals surface area contributed by atoms with Gasteiger partial charge in [-0.15, -0.1) is 35.0 Å². The number of nitrogens with one attached hydrogen (secondary N) is 1. The maximum absolute atomic E-state index is 5.25. The zero-order valence-corrected chi connectivity index (χ0v) is 12.1. The van der Waals surface area contributed by atoms with Gasteiger partial charge in [-0.3, -0.25) is 0 Å². The summed E-state index contributed by atoms with van der Waals surface area (Å²) in [6, 6.07) is 13.8. The van der Waals surface area contributed by atoms with Crippen molar-refractivity contribution < 1.29 is 0 Å². The van der Waals surface area contributed by atoms with Crippen LogP contribution in [-0.2, 0) is 0 Å². The fourth-order valence-electron chi connectivity index (χ4n) is 1.63. The molecule has 2 aromatic rings. The number of rotatable bonds is 4. The SMILES string of the molecule is CCN(c1ccccc1)c1ccc(NN)nn1.Cl.Cl. The van der Waals surface area contributed by atoms with Gasteiger partial charge in [-0.05, 0) is 31.2 Å². The van der Waals surface area contributed by atoms with Gasteiger partial charge in [0.15, 0.2) is 11.6 Å². The van der Waals surface area contributed by atoms with Crippen molar-refractivity contribution in [3.63, 3.8) is 0 Å². The topological polar surface area (TPSA) is 67.1 Å². The van der Waals surface area contributed by atoms with Crippen LogP contribution < -0.4 is 16.2 Å². The molecule has 1 aromatic carbocycles. The number of hydrogen-bond donors (Lipinski definition) is 2. The van der Waals surface area contributed by atoms with Gasteiger partial charge in [0.05, 0.1) is 0 Å². The van der Waals surface area contributed by atoms with E-state index in [0.717, 1.165) is 18.1 Å². The van der Waals surface area contributed by atoms with Gasteiger partial charge < -0.3 is 10.3 Å². The summed E-state index contributed by atoms with van der Waals surface area (Å²) in [5.41, 5.74) is 3.55. The van der Waals surface area contributed by atoms with E-state index < -0.39 is 0 Å². The zero-order valence-electron chi connectivity index (χ0n) is 10.5. The molecule has 0 aliphatic carbocycles. The van der Waals surface area contributed by atoms with E-state index in [-0.39, 0.29) is 24.8 Å². The van der Waals surface area contributed by atoms with Gasteiger partial charge in [-0.2, -0.15) is 0 Å². The standard InChI is InChI=1S/C12H15N5.2ClH/c1-2-17(10-6-4-3-5-7-10)12-9-8-11(14-13)15-16-12;;/h3-9H,2,13H2,1H3,(H,14,15);2*1H. The molecule has 2 rings (SSSR count). The maximum atomic E-state index is 5.25. The summed E-state index contributed by atoms with van der Waals surface area (Å²) < 4.78 is 0. The van der Waals surface area contributed by atoms with Gasteiger partial charge in [0.1, 0.15) is 0 Å². The number of hydrogen-bond acceptors (Lipinski definition) is 5. The van der Waals surface area contributed by atoms with E-state index in [0.29, 0.717) is 5.82 Å². The second-order valence-corrected chi connectivity index (χ2v) is 3.50. The first kappa shape index (κ1) is 17.4. The van der Waals surface area contributed by atoms with E-state index in [1.54, 1.807) is 6.07 Å². The van der Waals surface area contributed by atoms with Crippen LogP contribution in [0.3, 0.4) is 0 Å². The molecule has 7 heteroatoms. The number of aromatic nitrogens is 2. The Kier molecular flexibility index (Phi) is 7.83. The van der Waals surface area contributed by atoms with E-state index in [4.69, 9.17) is 5.84 Å².